The molecule has 0 radical (unpaired) electrons. The van der Waals surface area contributed by atoms with Crippen LogP contribution in [0.15, 0.2) is 22.6 Å². The molecule has 94 valence electrons. The quantitative estimate of drug-likeness (QED) is 0.620. The van der Waals surface area contributed by atoms with Crippen LogP contribution in [0.3, 0.4) is 0 Å². The lowest BCUT2D eigenvalue weighted by molar-refractivity contribution is 0.210. The summed E-state index contributed by atoms with van der Waals surface area (Å²) in [6.07, 6.45) is 6.08. The van der Waals surface area contributed by atoms with Crippen LogP contribution in [0, 0.1) is 10.8 Å². The van der Waals surface area contributed by atoms with Crippen LogP contribution >= 0.6 is 0 Å². The van der Waals surface area contributed by atoms with Gasteiger partial charge in [-0.25, -0.2) is 8.42 Å². The molecule has 0 bridgehead atoms. The molecule has 1 saturated carbocycles. The summed E-state index contributed by atoms with van der Waals surface area (Å²) in [5, 5.41) is 1.38. The first kappa shape index (κ1) is 11.5. The third-order valence-corrected chi connectivity index (χ3v) is 6.94. The van der Waals surface area contributed by atoms with Crippen LogP contribution in [0.1, 0.15) is 46.5 Å². The fourth-order valence-electron chi connectivity index (χ4n) is 3.95. The highest BCUT2D eigenvalue weighted by Crippen LogP contribution is 2.60. The van der Waals surface area contributed by atoms with Crippen molar-refractivity contribution in [3.05, 3.63) is 22.6 Å². The first-order valence-corrected chi connectivity index (χ1v) is 8.01. The molecule has 1 aliphatic heterocycles. The number of sulfone groups is 1. The molecule has 0 aromatic carbocycles. The van der Waals surface area contributed by atoms with Crippen LogP contribution in [-0.4, -0.2) is 13.7 Å². The van der Waals surface area contributed by atoms with Crippen LogP contribution in [0.5, 0.6) is 0 Å². The molecule has 3 aliphatic rings. The van der Waals surface area contributed by atoms with Gasteiger partial charge < -0.3 is 0 Å². The maximum atomic E-state index is 12.3. The van der Waals surface area contributed by atoms with E-state index in [0.717, 1.165) is 31.3 Å². The Balaban J connectivity index is 2.22. The van der Waals surface area contributed by atoms with Gasteiger partial charge in [0.15, 0.2) is 9.84 Å². The van der Waals surface area contributed by atoms with Gasteiger partial charge in [0.05, 0.1) is 5.25 Å². The zero-order valence-electron chi connectivity index (χ0n) is 10.8. The maximum absolute atomic E-state index is 12.3. The molecule has 1 fully saturated rings. The van der Waals surface area contributed by atoms with Crippen molar-refractivity contribution >= 4 is 9.84 Å². The molecule has 2 atom stereocenters. The Hall–Kier alpha value is -0.570. The van der Waals surface area contributed by atoms with E-state index < -0.39 is 9.84 Å². The smallest absolute Gasteiger partial charge is 0.175 e. The Kier molecular flexibility index (Phi) is 2.07. The van der Waals surface area contributed by atoms with Crippen LogP contribution in [-0.2, 0) is 9.84 Å². The molecule has 0 amide bonds. The molecule has 17 heavy (non-hydrogen) atoms. The SMILES string of the molecule is CC1(C)CC2=CCCC3=CS(=O)(=O)C(C1)C32C. The molecule has 0 aromatic heterocycles. The van der Waals surface area contributed by atoms with Gasteiger partial charge in [0.25, 0.3) is 0 Å². The van der Waals surface area contributed by atoms with E-state index in [2.05, 4.69) is 26.8 Å². The summed E-state index contributed by atoms with van der Waals surface area (Å²) >= 11 is 0. The lowest BCUT2D eigenvalue weighted by Gasteiger charge is -2.48. The van der Waals surface area contributed by atoms with Gasteiger partial charge in [0.2, 0.25) is 0 Å². The van der Waals surface area contributed by atoms with Crippen molar-refractivity contribution in [1.29, 1.82) is 0 Å². The predicted octanol–water partition coefficient (Wildman–Crippen LogP) is 3.21. The van der Waals surface area contributed by atoms with Crippen LogP contribution in [0.4, 0.5) is 0 Å². The van der Waals surface area contributed by atoms with Gasteiger partial charge in [-0.15, -0.1) is 0 Å². The minimum Gasteiger partial charge on any atom is -0.224 e. The van der Waals surface area contributed by atoms with E-state index in [1.54, 1.807) is 5.41 Å². The Morgan fingerprint density at radius 2 is 1.94 bits per heavy atom. The summed E-state index contributed by atoms with van der Waals surface area (Å²) in [5.74, 6) is 0. The minimum atomic E-state index is -3.03. The highest BCUT2D eigenvalue weighted by molar-refractivity contribution is 7.95. The second kappa shape index (κ2) is 3.05. The summed E-state index contributed by atoms with van der Waals surface area (Å²) in [6, 6.07) is 0. The summed E-state index contributed by atoms with van der Waals surface area (Å²) < 4.78 is 24.7. The number of hydrogen-bond donors (Lipinski definition) is 0. The molecule has 2 nitrogen and oxygen atoms in total. The number of allylic oxidation sites excluding steroid dienone is 3. The Morgan fingerprint density at radius 1 is 1.24 bits per heavy atom. The molecule has 0 aromatic rings. The van der Waals surface area contributed by atoms with Gasteiger partial charge in [0.1, 0.15) is 0 Å². The van der Waals surface area contributed by atoms with Gasteiger partial charge in [-0.05, 0) is 36.7 Å². The highest BCUT2D eigenvalue weighted by Gasteiger charge is 2.57. The summed E-state index contributed by atoms with van der Waals surface area (Å²) in [7, 11) is -3.03. The van der Waals surface area contributed by atoms with E-state index in [4.69, 9.17) is 0 Å². The van der Waals surface area contributed by atoms with Gasteiger partial charge in [0, 0.05) is 10.8 Å². The first-order valence-electron chi connectivity index (χ1n) is 6.40. The van der Waals surface area contributed by atoms with E-state index in [0.29, 0.717) is 0 Å². The number of hydrogen-bond acceptors (Lipinski definition) is 2. The van der Waals surface area contributed by atoms with E-state index >= 15 is 0 Å². The lowest BCUT2D eigenvalue weighted by atomic mass is 9.58. The van der Waals surface area contributed by atoms with E-state index in [1.807, 2.05) is 0 Å². The van der Waals surface area contributed by atoms with Crippen molar-refractivity contribution in [1.82, 2.24) is 0 Å². The van der Waals surface area contributed by atoms with E-state index in [1.165, 1.54) is 5.57 Å². The molecular formula is C14H20O2S. The molecular weight excluding hydrogens is 232 g/mol. The van der Waals surface area contributed by atoms with Crippen molar-refractivity contribution in [2.24, 2.45) is 10.8 Å². The van der Waals surface area contributed by atoms with Gasteiger partial charge >= 0.3 is 0 Å². The van der Waals surface area contributed by atoms with Crippen molar-refractivity contribution in [2.45, 2.75) is 51.7 Å². The Bertz CT molecular complexity index is 537. The fourth-order valence-corrected chi connectivity index (χ4v) is 6.52. The van der Waals surface area contributed by atoms with Crippen molar-refractivity contribution in [3.8, 4) is 0 Å². The van der Waals surface area contributed by atoms with Gasteiger partial charge in [-0.3, -0.25) is 0 Å². The summed E-state index contributed by atoms with van der Waals surface area (Å²) in [5.41, 5.74) is 2.48. The molecule has 2 aliphatic carbocycles. The third-order valence-electron chi connectivity index (χ3n) is 4.89. The largest absolute Gasteiger partial charge is 0.224 e. The Morgan fingerprint density at radius 3 is 2.65 bits per heavy atom. The number of rotatable bonds is 0. The van der Waals surface area contributed by atoms with Crippen LogP contribution in [0.25, 0.3) is 0 Å². The zero-order valence-corrected chi connectivity index (χ0v) is 11.6. The minimum absolute atomic E-state index is 0.115. The second-order valence-electron chi connectivity index (χ2n) is 6.74. The summed E-state index contributed by atoms with van der Waals surface area (Å²) in [4.78, 5) is 0. The molecule has 2 unspecified atom stereocenters. The maximum Gasteiger partial charge on any atom is 0.175 e. The van der Waals surface area contributed by atoms with Gasteiger partial charge in [-0.2, -0.15) is 0 Å². The molecule has 3 rings (SSSR count). The molecule has 3 heteroatoms. The first-order chi connectivity index (χ1) is 7.76. The molecule has 0 saturated heterocycles. The monoisotopic (exact) mass is 252 g/mol. The highest BCUT2D eigenvalue weighted by atomic mass is 32.2. The van der Waals surface area contributed by atoms with Crippen molar-refractivity contribution in [2.75, 3.05) is 0 Å². The topological polar surface area (TPSA) is 34.1 Å². The van der Waals surface area contributed by atoms with Gasteiger partial charge in [-0.1, -0.05) is 32.4 Å². The molecule has 0 spiro atoms. The molecule has 0 N–H and O–H groups in total. The standard InChI is InChI=1S/C14H20O2S/c1-13(2)7-10-5-4-6-11-9-17(15,16)12(8-13)14(10,11)3/h5,9,12H,4,6-8H2,1-3H3. The van der Waals surface area contributed by atoms with Crippen molar-refractivity contribution in [3.63, 3.8) is 0 Å². The zero-order chi connectivity index (χ0) is 12.5. The average Bonchev–Trinajstić information content (AvgIpc) is 2.38. The van der Waals surface area contributed by atoms with Crippen molar-refractivity contribution < 1.29 is 8.42 Å². The second-order valence-corrected chi connectivity index (χ2v) is 8.72. The van der Waals surface area contributed by atoms with E-state index in [-0.39, 0.29) is 16.1 Å². The third kappa shape index (κ3) is 1.41. The lowest BCUT2D eigenvalue weighted by Crippen LogP contribution is -2.45. The predicted molar refractivity (Wildman–Crippen MR) is 69.2 cm³/mol. The Labute approximate surface area is 104 Å². The normalized spacial score (nSPS) is 41.5. The summed E-state index contributed by atoms with van der Waals surface area (Å²) in [6.45, 7) is 6.53. The van der Waals surface area contributed by atoms with E-state index in [9.17, 15) is 8.42 Å². The molecule has 1 heterocycles. The fraction of sp³-hybridized carbons (Fsp3) is 0.714. The average molecular weight is 252 g/mol. The van der Waals surface area contributed by atoms with Crippen LogP contribution in [0.2, 0.25) is 0 Å². The van der Waals surface area contributed by atoms with Crippen LogP contribution < -0.4 is 0 Å².